The quantitative estimate of drug-likeness (QED) is 0.220. The van der Waals surface area contributed by atoms with Gasteiger partial charge in [0.05, 0.1) is 4.90 Å². The average Bonchev–Trinajstić information content (AvgIpc) is 2.65. The molecule has 3 aromatic carbocycles. The molecule has 0 saturated heterocycles. The molecule has 8 nitrogen and oxygen atoms in total. The molecule has 0 aliphatic rings. The van der Waals surface area contributed by atoms with Crippen LogP contribution in [0.2, 0.25) is 0 Å². The number of fused-ring (bicyclic) bond motifs is 1. The Labute approximate surface area is 197 Å². The SMILES string of the molecule is C=CCOc1[c-]cccc1.O=S(=O)(O)O.O=S(=O)(O)c1ccc2ccccc2c1.[Na+]. The van der Waals surface area contributed by atoms with Crippen molar-refractivity contribution in [1.29, 1.82) is 0 Å². The molecule has 0 aromatic heterocycles. The number of hydrogen-bond donors (Lipinski definition) is 3. The van der Waals surface area contributed by atoms with Crippen LogP contribution in [0.25, 0.3) is 10.8 Å². The minimum absolute atomic E-state index is 0. The largest absolute Gasteiger partial charge is 1.00 e. The van der Waals surface area contributed by atoms with E-state index in [1.54, 1.807) is 18.2 Å². The van der Waals surface area contributed by atoms with E-state index < -0.39 is 20.5 Å². The first kappa shape index (κ1) is 28.2. The molecule has 0 aliphatic heterocycles. The minimum Gasteiger partial charge on any atom is -0.515 e. The Hall–Kier alpha value is -1.76. The molecule has 0 radical (unpaired) electrons. The second kappa shape index (κ2) is 13.5. The van der Waals surface area contributed by atoms with Gasteiger partial charge >= 0.3 is 40.0 Å². The van der Waals surface area contributed by atoms with E-state index in [2.05, 4.69) is 12.6 Å². The maximum absolute atomic E-state index is 10.8. The van der Waals surface area contributed by atoms with Gasteiger partial charge < -0.3 is 4.74 Å². The number of rotatable bonds is 4. The monoisotopic (exact) mass is 462 g/mol. The molecule has 3 aromatic rings. The summed E-state index contributed by atoms with van der Waals surface area (Å²) in [7, 11) is -8.76. The zero-order chi connectivity index (χ0) is 21.9. The van der Waals surface area contributed by atoms with Crippen LogP contribution in [0.1, 0.15) is 0 Å². The Kier molecular flexibility index (Phi) is 12.7. The summed E-state index contributed by atoms with van der Waals surface area (Å²) in [5.41, 5.74) is 0. The van der Waals surface area contributed by atoms with E-state index in [1.165, 1.54) is 12.1 Å². The number of benzene rings is 3. The normalized spacial score (nSPS) is 10.4. The summed E-state index contributed by atoms with van der Waals surface area (Å²) in [6, 6.07) is 22.3. The summed E-state index contributed by atoms with van der Waals surface area (Å²) < 4.78 is 67.2. The van der Waals surface area contributed by atoms with Crippen LogP contribution < -0.4 is 34.3 Å². The Morgan fingerprint density at radius 3 is 1.97 bits per heavy atom. The van der Waals surface area contributed by atoms with E-state index in [9.17, 15) is 8.42 Å². The van der Waals surface area contributed by atoms with Crippen molar-refractivity contribution in [2.24, 2.45) is 0 Å². The van der Waals surface area contributed by atoms with E-state index in [1.807, 2.05) is 42.5 Å². The van der Waals surface area contributed by atoms with E-state index in [0.717, 1.165) is 16.5 Å². The Morgan fingerprint density at radius 2 is 1.47 bits per heavy atom. The topological polar surface area (TPSA) is 138 Å². The first-order valence-corrected chi connectivity index (χ1v) is 10.7. The number of ether oxygens (including phenoxy) is 1. The van der Waals surface area contributed by atoms with Crippen molar-refractivity contribution in [3.8, 4) is 5.75 Å². The molecule has 0 spiro atoms. The molecule has 3 rings (SSSR count). The van der Waals surface area contributed by atoms with Crippen molar-refractivity contribution in [2.75, 3.05) is 6.61 Å². The molecule has 30 heavy (non-hydrogen) atoms. The predicted molar refractivity (Wildman–Crippen MR) is 109 cm³/mol. The van der Waals surface area contributed by atoms with Crippen LogP contribution in [0.3, 0.4) is 0 Å². The van der Waals surface area contributed by atoms with Gasteiger partial charge in [0.15, 0.2) is 0 Å². The maximum Gasteiger partial charge on any atom is 1.00 e. The third-order valence-electron chi connectivity index (χ3n) is 3.06. The van der Waals surface area contributed by atoms with Gasteiger partial charge in [-0.15, -0.1) is 12.1 Å². The van der Waals surface area contributed by atoms with Gasteiger partial charge in [0.25, 0.3) is 10.1 Å². The van der Waals surface area contributed by atoms with Crippen LogP contribution in [0, 0.1) is 6.07 Å². The Bertz CT molecular complexity index is 1120. The van der Waals surface area contributed by atoms with Crippen molar-refractivity contribution in [3.05, 3.63) is 85.5 Å². The summed E-state index contributed by atoms with van der Waals surface area (Å²) in [6.07, 6.45) is 1.71. The van der Waals surface area contributed by atoms with Crippen molar-refractivity contribution in [1.82, 2.24) is 0 Å². The van der Waals surface area contributed by atoms with Crippen molar-refractivity contribution < 1.29 is 64.8 Å². The van der Waals surface area contributed by atoms with Gasteiger partial charge in [0.1, 0.15) is 6.61 Å². The van der Waals surface area contributed by atoms with Gasteiger partial charge in [-0.3, -0.25) is 13.7 Å². The van der Waals surface area contributed by atoms with Crippen LogP contribution in [0.15, 0.2) is 84.3 Å². The molecule has 156 valence electrons. The third-order valence-corrected chi connectivity index (χ3v) is 3.91. The van der Waals surface area contributed by atoms with Gasteiger partial charge in [0, 0.05) is 5.75 Å². The van der Waals surface area contributed by atoms with Crippen LogP contribution in [0.4, 0.5) is 0 Å². The number of para-hydroxylation sites is 1. The zero-order valence-electron chi connectivity index (χ0n) is 16.0. The van der Waals surface area contributed by atoms with Gasteiger partial charge in [-0.1, -0.05) is 43.0 Å². The maximum atomic E-state index is 10.8. The molecular weight excluding hydrogens is 443 g/mol. The van der Waals surface area contributed by atoms with Gasteiger partial charge in [-0.2, -0.15) is 35.0 Å². The van der Waals surface area contributed by atoms with E-state index in [0.29, 0.717) is 6.61 Å². The van der Waals surface area contributed by atoms with Crippen LogP contribution >= 0.6 is 0 Å². The molecule has 0 bridgehead atoms. The third kappa shape index (κ3) is 12.7. The number of hydrogen-bond acceptors (Lipinski definition) is 5. The van der Waals surface area contributed by atoms with E-state index >= 15 is 0 Å². The smallest absolute Gasteiger partial charge is 0.515 e. The summed E-state index contributed by atoms with van der Waals surface area (Å²) >= 11 is 0. The van der Waals surface area contributed by atoms with E-state index in [-0.39, 0.29) is 34.5 Å². The zero-order valence-corrected chi connectivity index (χ0v) is 19.7. The van der Waals surface area contributed by atoms with Crippen LogP contribution in [0.5, 0.6) is 5.75 Å². The summed E-state index contributed by atoms with van der Waals surface area (Å²) in [5, 5.41) is 1.74. The van der Waals surface area contributed by atoms with Crippen molar-refractivity contribution in [3.63, 3.8) is 0 Å². The Balaban J connectivity index is 0.000000463. The molecule has 0 fully saturated rings. The minimum atomic E-state index is -4.67. The van der Waals surface area contributed by atoms with Gasteiger partial charge in [0.2, 0.25) is 0 Å². The molecule has 11 heteroatoms. The van der Waals surface area contributed by atoms with Gasteiger partial charge in [-0.05, 0) is 22.9 Å². The van der Waals surface area contributed by atoms with Gasteiger partial charge in [-0.25, -0.2) is 0 Å². The van der Waals surface area contributed by atoms with E-state index in [4.69, 9.17) is 26.8 Å². The van der Waals surface area contributed by atoms with Crippen molar-refractivity contribution in [2.45, 2.75) is 4.90 Å². The summed E-state index contributed by atoms with van der Waals surface area (Å²) in [4.78, 5) is -0.0730. The molecule has 3 N–H and O–H groups in total. The summed E-state index contributed by atoms with van der Waals surface area (Å²) in [6.45, 7) is 4.08. The first-order valence-electron chi connectivity index (χ1n) is 7.87. The Morgan fingerprint density at radius 1 is 0.900 bits per heavy atom. The molecular formula is C19H19NaO8S2. The molecule has 0 heterocycles. The fourth-order valence-corrected chi connectivity index (χ4v) is 2.46. The second-order valence-corrected chi connectivity index (χ2v) is 7.58. The molecule has 0 unspecified atom stereocenters. The molecule has 0 atom stereocenters. The molecule has 0 aliphatic carbocycles. The first-order chi connectivity index (χ1) is 13.5. The summed E-state index contributed by atoms with van der Waals surface area (Å²) in [5.74, 6) is 0.766. The average molecular weight is 462 g/mol. The van der Waals surface area contributed by atoms with Crippen LogP contribution in [-0.2, 0) is 20.5 Å². The molecule has 0 amide bonds. The standard InChI is InChI=1S/C10H8O3S.C9H9O.Na.H2O4S/c11-14(12,13)10-6-5-8-3-1-2-4-9(8)7-10;1-2-8-10-9-6-4-3-5-7-9;;1-5(2,3)4/h1-7H,(H,11,12,13);2-6H,1,8H2;;(H2,1,2,3,4)/q;-1;+1;. The molecule has 0 saturated carbocycles. The van der Waals surface area contributed by atoms with Crippen molar-refractivity contribution >= 4 is 31.3 Å². The van der Waals surface area contributed by atoms with Crippen LogP contribution in [-0.4, -0.2) is 37.1 Å². The predicted octanol–water partition coefficient (Wildman–Crippen LogP) is 0.489. The fourth-order valence-electron chi connectivity index (χ4n) is 1.94. The second-order valence-electron chi connectivity index (χ2n) is 5.26. The fraction of sp³-hybridized carbons (Fsp3) is 0.0526.